The number of ether oxygens (including phenoxy) is 1. The van der Waals surface area contributed by atoms with Crippen LogP contribution >= 0.6 is 0 Å². The van der Waals surface area contributed by atoms with Gasteiger partial charge in [0, 0.05) is 6.04 Å². The number of phenols is 1. The fraction of sp³-hybridized carbons (Fsp3) is 0.316. The van der Waals surface area contributed by atoms with E-state index in [0.717, 1.165) is 24.0 Å². The van der Waals surface area contributed by atoms with Crippen molar-refractivity contribution in [1.82, 2.24) is 5.32 Å². The molecular formula is C19H21NO3. The molecule has 2 aromatic carbocycles. The smallest absolute Gasteiger partial charge is 0.412 e. The maximum absolute atomic E-state index is 11.9. The van der Waals surface area contributed by atoms with Crippen molar-refractivity contribution in [3.8, 4) is 22.6 Å². The molecule has 2 N–H and O–H groups in total. The minimum absolute atomic E-state index is 0.243. The zero-order valence-corrected chi connectivity index (χ0v) is 13.0. The molecule has 120 valence electrons. The number of phenolic OH excluding ortho intramolecular Hbond substituents is 1. The van der Waals surface area contributed by atoms with Gasteiger partial charge in [0.2, 0.25) is 0 Å². The van der Waals surface area contributed by atoms with Gasteiger partial charge in [0.05, 0.1) is 0 Å². The highest BCUT2D eigenvalue weighted by Gasteiger charge is 2.16. The van der Waals surface area contributed by atoms with Crippen molar-refractivity contribution in [2.45, 2.75) is 38.1 Å². The first-order chi connectivity index (χ1) is 11.2. The molecule has 1 saturated carbocycles. The fourth-order valence-electron chi connectivity index (χ4n) is 2.92. The molecule has 0 aromatic heterocycles. The Morgan fingerprint density at radius 3 is 2.09 bits per heavy atom. The first kappa shape index (κ1) is 15.4. The van der Waals surface area contributed by atoms with Gasteiger partial charge >= 0.3 is 6.09 Å². The van der Waals surface area contributed by atoms with Crippen LogP contribution in [0.4, 0.5) is 4.79 Å². The molecule has 3 rings (SSSR count). The molecular weight excluding hydrogens is 290 g/mol. The van der Waals surface area contributed by atoms with E-state index in [1.165, 1.54) is 19.3 Å². The second-order valence-corrected chi connectivity index (χ2v) is 5.94. The summed E-state index contributed by atoms with van der Waals surface area (Å²) < 4.78 is 5.34. The monoisotopic (exact) mass is 311 g/mol. The van der Waals surface area contributed by atoms with Crippen LogP contribution in [0.25, 0.3) is 11.1 Å². The summed E-state index contributed by atoms with van der Waals surface area (Å²) in [6.07, 6.45) is 5.29. The summed E-state index contributed by atoms with van der Waals surface area (Å²) >= 11 is 0. The molecule has 4 nitrogen and oxygen atoms in total. The van der Waals surface area contributed by atoms with Crippen LogP contribution in [0, 0.1) is 0 Å². The number of benzene rings is 2. The highest BCUT2D eigenvalue weighted by molar-refractivity contribution is 5.71. The zero-order chi connectivity index (χ0) is 16.1. The van der Waals surface area contributed by atoms with Gasteiger partial charge < -0.3 is 15.2 Å². The van der Waals surface area contributed by atoms with Crippen LogP contribution in [0.1, 0.15) is 32.1 Å². The van der Waals surface area contributed by atoms with Gasteiger partial charge in [0.15, 0.2) is 0 Å². The van der Waals surface area contributed by atoms with Crippen LogP contribution in [0.15, 0.2) is 48.5 Å². The van der Waals surface area contributed by atoms with Gasteiger partial charge in [-0.2, -0.15) is 0 Å². The molecule has 4 heteroatoms. The van der Waals surface area contributed by atoms with Crippen molar-refractivity contribution in [3.63, 3.8) is 0 Å². The third-order valence-corrected chi connectivity index (χ3v) is 4.19. The maximum Gasteiger partial charge on any atom is 0.412 e. The number of rotatable bonds is 3. The Kier molecular flexibility index (Phi) is 4.81. The Bertz CT molecular complexity index is 643. The van der Waals surface area contributed by atoms with E-state index < -0.39 is 0 Å². The zero-order valence-electron chi connectivity index (χ0n) is 13.0. The lowest BCUT2D eigenvalue weighted by atomic mass is 9.96. The molecule has 0 bridgehead atoms. The molecule has 1 aliphatic rings. The molecule has 2 aromatic rings. The third-order valence-electron chi connectivity index (χ3n) is 4.19. The molecule has 1 fully saturated rings. The Morgan fingerprint density at radius 1 is 0.913 bits per heavy atom. The number of amides is 1. The highest BCUT2D eigenvalue weighted by Crippen LogP contribution is 2.24. The molecule has 0 atom stereocenters. The summed E-state index contributed by atoms with van der Waals surface area (Å²) in [5.41, 5.74) is 2.01. The second kappa shape index (κ2) is 7.18. The number of aromatic hydroxyl groups is 1. The molecule has 0 radical (unpaired) electrons. The normalized spacial score (nSPS) is 15.1. The number of hydrogen-bond acceptors (Lipinski definition) is 3. The summed E-state index contributed by atoms with van der Waals surface area (Å²) in [6, 6.07) is 14.6. The van der Waals surface area contributed by atoms with E-state index in [2.05, 4.69) is 5.32 Å². The minimum Gasteiger partial charge on any atom is -0.508 e. The fourth-order valence-corrected chi connectivity index (χ4v) is 2.92. The average molecular weight is 311 g/mol. The summed E-state index contributed by atoms with van der Waals surface area (Å²) in [7, 11) is 0. The summed E-state index contributed by atoms with van der Waals surface area (Å²) in [4.78, 5) is 11.9. The third kappa shape index (κ3) is 4.25. The predicted octanol–water partition coefficient (Wildman–Crippen LogP) is 4.48. The molecule has 0 unspecified atom stereocenters. The molecule has 1 aliphatic carbocycles. The molecule has 23 heavy (non-hydrogen) atoms. The Labute approximate surface area is 136 Å². The van der Waals surface area contributed by atoms with E-state index in [9.17, 15) is 9.90 Å². The summed E-state index contributed by atoms with van der Waals surface area (Å²) in [5.74, 6) is 0.772. The van der Waals surface area contributed by atoms with Crippen molar-refractivity contribution >= 4 is 6.09 Å². The Balaban J connectivity index is 1.58. The van der Waals surface area contributed by atoms with Gasteiger partial charge in [0.25, 0.3) is 0 Å². The molecule has 0 spiro atoms. The van der Waals surface area contributed by atoms with Crippen LogP contribution in [-0.4, -0.2) is 17.2 Å². The van der Waals surface area contributed by atoms with E-state index >= 15 is 0 Å². The first-order valence-corrected chi connectivity index (χ1v) is 8.08. The lowest BCUT2D eigenvalue weighted by Crippen LogP contribution is -2.37. The van der Waals surface area contributed by atoms with E-state index in [4.69, 9.17) is 4.74 Å². The number of carbonyl (C=O) groups is 1. The molecule has 0 aliphatic heterocycles. The maximum atomic E-state index is 11.9. The minimum atomic E-state index is -0.380. The average Bonchev–Trinajstić information content (AvgIpc) is 2.57. The lowest BCUT2D eigenvalue weighted by molar-refractivity contribution is 0.192. The van der Waals surface area contributed by atoms with Gasteiger partial charge in [-0.05, 0) is 48.2 Å². The van der Waals surface area contributed by atoms with Crippen LogP contribution < -0.4 is 10.1 Å². The second-order valence-electron chi connectivity index (χ2n) is 5.94. The Morgan fingerprint density at radius 2 is 1.48 bits per heavy atom. The van der Waals surface area contributed by atoms with Crippen molar-refractivity contribution in [1.29, 1.82) is 0 Å². The van der Waals surface area contributed by atoms with Crippen molar-refractivity contribution < 1.29 is 14.6 Å². The van der Waals surface area contributed by atoms with Gasteiger partial charge in [-0.25, -0.2) is 4.79 Å². The first-order valence-electron chi connectivity index (χ1n) is 8.08. The quantitative estimate of drug-likeness (QED) is 0.878. The SMILES string of the molecule is O=C(NC1CCCCC1)Oc1ccc(-c2ccc(O)cc2)cc1. The Hall–Kier alpha value is -2.49. The van der Waals surface area contributed by atoms with Crippen molar-refractivity contribution in [2.75, 3.05) is 0 Å². The largest absolute Gasteiger partial charge is 0.508 e. The predicted molar refractivity (Wildman–Crippen MR) is 89.6 cm³/mol. The van der Waals surface area contributed by atoms with Gasteiger partial charge in [-0.1, -0.05) is 43.5 Å². The van der Waals surface area contributed by atoms with Gasteiger partial charge in [0.1, 0.15) is 11.5 Å². The van der Waals surface area contributed by atoms with E-state index in [0.29, 0.717) is 5.75 Å². The van der Waals surface area contributed by atoms with Gasteiger partial charge in [-0.3, -0.25) is 0 Å². The van der Waals surface area contributed by atoms with Gasteiger partial charge in [-0.15, -0.1) is 0 Å². The highest BCUT2D eigenvalue weighted by atomic mass is 16.6. The van der Waals surface area contributed by atoms with Crippen LogP contribution in [0.2, 0.25) is 0 Å². The molecule has 0 saturated heterocycles. The van der Waals surface area contributed by atoms with Crippen molar-refractivity contribution in [3.05, 3.63) is 48.5 Å². The van der Waals surface area contributed by atoms with Crippen LogP contribution in [0.3, 0.4) is 0 Å². The molecule has 1 amide bonds. The standard InChI is InChI=1S/C19H21NO3/c21-17-10-6-14(7-11-17)15-8-12-18(13-9-15)23-19(22)20-16-4-2-1-3-5-16/h6-13,16,21H,1-5H2,(H,20,22). The van der Waals surface area contributed by atoms with E-state index in [1.54, 1.807) is 24.3 Å². The summed E-state index contributed by atoms with van der Waals surface area (Å²) in [6.45, 7) is 0. The number of hydrogen-bond donors (Lipinski definition) is 2. The van der Waals surface area contributed by atoms with Crippen LogP contribution in [-0.2, 0) is 0 Å². The van der Waals surface area contributed by atoms with E-state index in [1.807, 2.05) is 24.3 Å². The number of nitrogens with one attached hydrogen (secondary N) is 1. The number of carbonyl (C=O) groups excluding carboxylic acids is 1. The summed E-state index contributed by atoms with van der Waals surface area (Å²) in [5, 5.41) is 12.2. The van der Waals surface area contributed by atoms with Crippen molar-refractivity contribution in [2.24, 2.45) is 0 Å². The van der Waals surface area contributed by atoms with E-state index in [-0.39, 0.29) is 17.9 Å². The lowest BCUT2D eigenvalue weighted by Gasteiger charge is -2.22. The van der Waals surface area contributed by atoms with Crippen LogP contribution in [0.5, 0.6) is 11.5 Å². The molecule has 0 heterocycles. The topological polar surface area (TPSA) is 58.6 Å².